The van der Waals surface area contributed by atoms with Crippen molar-refractivity contribution in [2.24, 2.45) is 0 Å². The number of hydrogen-bond acceptors (Lipinski definition) is 6. The maximum absolute atomic E-state index is 12.9. The van der Waals surface area contributed by atoms with Crippen LogP contribution in [0.3, 0.4) is 0 Å². The molecule has 0 saturated carbocycles. The minimum absolute atomic E-state index is 0.0893. The molecule has 410 valence electrons. The number of hydrogen-bond donors (Lipinski definition) is 0. The summed E-state index contributed by atoms with van der Waals surface area (Å²) in [5.74, 6) is -0.914. The van der Waals surface area contributed by atoms with Crippen LogP contribution in [0.2, 0.25) is 0 Å². The van der Waals surface area contributed by atoms with Crippen LogP contribution in [0.15, 0.2) is 72.9 Å². The number of esters is 3. The van der Waals surface area contributed by atoms with E-state index >= 15 is 0 Å². The first kappa shape index (κ1) is 67.8. The van der Waals surface area contributed by atoms with Crippen LogP contribution in [0.25, 0.3) is 0 Å². The Kier molecular flexibility index (Phi) is 56.8. The number of unbranched alkanes of at least 4 members (excludes halogenated alkanes) is 32. The molecule has 0 aliphatic carbocycles. The predicted molar refractivity (Wildman–Crippen MR) is 307 cm³/mol. The van der Waals surface area contributed by atoms with Crippen molar-refractivity contribution in [1.29, 1.82) is 0 Å². The molecular formula is C65H114O6. The summed E-state index contributed by atoms with van der Waals surface area (Å²) in [4.78, 5) is 38.2. The van der Waals surface area contributed by atoms with Crippen LogP contribution >= 0.6 is 0 Å². The van der Waals surface area contributed by atoms with Crippen molar-refractivity contribution in [2.45, 2.75) is 309 Å². The second-order valence-electron chi connectivity index (χ2n) is 20.2. The lowest BCUT2D eigenvalue weighted by Crippen LogP contribution is -2.30. The van der Waals surface area contributed by atoms with Gasteiger partial charge in [0.25, 0.3) is 0 Å². The summed E-state index contributed by atoms with van der Waals surface area (Å²) in [6.07, 6.45) is 76.1. The molecule has 6 heteroatoms. The van der Waals surface area contributed by atoms with Crippen LogP contribution in [-0.2, 0) is 28.6 Å². The Morgan fingerprint density at radius 3 is 0.831 bits per heavy atom. The standard InChI is InChI=1S/C65H114O6/c1-4-7-10-13-16-19-22-25-28-30-31-32-33-35-38-41-44-47-50-53-56-59-65(68)71-62(60-69-63(66)57-54-51-48-45-42-39-36-27-24-21-18-15-12-9-6-3)61-70-64(67)58-55-52-49-46-43-40-37-34-29-26-23-20-17-14-11-8-5-2/h17-18,20-21,25-29,36-37,40,62H,4-16,19,22-24,30-35,38-39,41-61H2,1-3H3/b20-17-,21-18-,28-25-,29-26-,36-27-,40-37-/t62-/m0/s1. The molecule has 6 nitrogen and oxygen atoms in total. The number of rotatable bonds is 55. The summed E-state index contributed by atoms with van der Waals surface area (Å²) in [7, 11) is 0. The molecule has 0 aromatic rings. The second kappa shape index (κ2) is 59.4. The summed E-state index contributed by atoms with van der Waals surface area (Å²) >= 11 is 0. The third-order valence-corrected chi connectivity index (χ3v) is 13.2. The lowest BCUT2D eigenvalue weighted by Gasteiger charge is -2.18. The van der Waals surface area contributed by atoms with Gasteiger partial charge in [-0.3, -0.25) is 14.4 Å². The zero-order chi connectivity index (χ0) is 51.4. The van der Waals surface area contributed by atoms with Gasteiger partial charge >= 0.3 is 17.9 Å². The summed E-state index contributed by atoms with van der Waals surface area (Å²) in [6.45, 7) is 6.58. The molecule has 0 fully saturated rings. The van der Waals surface area contributed by atoms with E-state index in [1.165, 1.54) is 161 Å². The van der Waals surface area contributed by atoms with Gasteiger partial charge < -0.3 is 14.2 Å². The minimum atomic E-state index is -0.792. The maximum atomic E-state index is 12.9. The molecule has 0 rings (SSSR count). The Hall–Kier alpha value is -3.15. The van der Waals surface area contributed by atoms with Crippen molar-refractivity contribution in [2.75, 3.05) is 13.2 Å². The van der Waals surface area contributed by atoms with E-state index in [1.807, 2.05) is 0 Å². The number of ether oxygens (including phenoxy) is 3. The van der Waals surface area contributed by atoms with Crippen LogP contribution in [0.4, 0.5) is 0 Å². The van der Waals surface area contributed by atoms with Gasteiger partial charge in [0.2, 0.25) is 0 Å². The molecular weight excluding hydrogens is 877 g/mol. The molecule has 0 aromatic carbocycles. The highest BCUT2D eigenvalue weighted by Gasteiger charge is 2.19. The van der Waals surface area contributed by atoms with E-state index in [2.05, 4.69) is 93.7 Å². The van der Waals surface area contributed by atoms with Crippen LogP contribution in [0.1, 0.15) is 303 Å². The number of carbonyl (C=O) groups is 3. The van der Waals surface area contributed by atoms with Gasteiger partial charge in [0, 0.05) is 19.3 Å². The molecule has 0 N–H and O–H groups in total. The van der Waals surface area contributed by atoms with Crippen molar-refractivity contribution in [1.82, 2.24) is 0 Å². The fraction of sp³-hybridized carbons (Fsp3) is 0.769. The zero-order valence-electron chi connectivity index (χ0n) is 47.0. The highest BCUT2D eigenvalue weighted by molar-refractivity contribution is 5.71. The van der Waals surface area contributed by atoms with Gasteiger partial charge in [0.1, 0.15) is 13.2 Å². The third-order valence-electron chi connectivity index (χ3n) is 13.2. The largest absolute Gasteiger partial charge is 0.462 e. The van der Waals surface area contributed by atoms with Gasteiger partial charge in [0.15, 0.2) is 6.10 Å². The molecule has 0 heterocycles. The monoisotopic (exact) mass is 991 g/mol. The highest BCUT2D eigenvalue weighted by atomic mass is 16.6. The van der Waals surface area contributed by atoms with Crippen LogP contribution in [0.5, 0.6) is 0 Å². The van der Waals surface area contributed by atoms with Gasteiger partial charge in [0.05, 0.1) is 0 Å². The Bertz CT molecular complexity index is 1320. The quantitative estimate of drug-likeness (QED) is 0.0261. The van der Waals surface area contributed by atoms with Gasteiger partial charge in [-0.1, -0.05) is 241 Å². The summed E-state index contributed by atoms with van der Waals surface area (Å²) in [5.41, 5.74) is 0. The molecule has 0 amide bonds. The molecule has 0 radical (unpaired) electrons. The average molecular weight is 992 g/mol. The molecule has 0 aliphatic rings. The van der Waals surface area contributed by atoms with E-state index in [0.29, 0.717) is 19.3 Å². The normalized spacial score (nSPS) is 12.5. The topological polar surface area (TPSA) is 78.9 Å². The van der Waals surface area contributed by atoms with Crippen LogP contribution < -0.4 is 0 Å². The average Bonchev–Trinajstić information content (AvgIpc) is 3.37. The molecule has 0 spiro atoms. The fourth-order valence-corrected chi connectivity index (χ4v) is 8.53. The molecule has 0 bridgehead atoms. The first-order valence-electron chi connectivity index (χ1n) is 30.4. The maximum Gasteiger partial charge on any atom is 0.306 e. The number of allylic oxidation sites excluding steroid dienone is 12. The third kappa shape index (κ3) is 57.6. The van der Waals surface area contributed by atoms with E-state index < -0.39 is 6.10 Å². The van der Waals surface area contributed by atoms with Gasteiger partial charge in [-0.2, -0.15) is 0 Å². The molecule has 0 aliphatic heterocycles. The number of carbonyl (C=O) groups excluding carboxylic acids is 3. The SMILES string of the molecule is CCCCC/C=C\C/C=C\C/C=C\CCCCCCC(=O)OC[C@H](COC(=O)CCCCCCC/C=C\C/C=C\CCCCC)OC(=O)CCCCCCCCCCCCC/C=C\CCCCCCCC. The molecule has 0 saturated heterocycles. The summed E-state index contributed by atoms with van der Waals surface area (Å²) in [6, 6.07) is 0. The first-order chi connectivity index (χ1) is 35.0. The van der Waals surface area contributed by atoms with E-state index in [1.54, 1.807) is 0 Å². The Morgan fingerprint density at radius 1 is 0.282 bits per heavy atom. The van der Waals surface area contributed by atoms with Gasteiger partial charge in [-0.05, 0) is 116 Å². The lowest BCUT2D eigenvalue weighted by molar-refractivity contribution is -0.167. The smallest absolute Gasteiger partial charge is 0.306 e. The Labute approximate surface area is 440 Å². The molecule has 71 heavy (non-hydrogen) atoms. The molecule has 1 atom stereocenters. The van der Waals surface area contributed by atoms with E-state index in [0.717, 1.165) is 103 Å². The first-order valence-corrected chi connectivity index (χ1v) is 30.4. The second-order valence-corrected chi connectivity index (χ2v) is 20.2. The molecule has 0 unspecified atom stereocenters. The molecule has 0 aromatic heterocycles. The Morgan fingerprint density at radius 2 is 0.507 bits per heavy atom. The van der Waals surface area contributed by atoms with Gasteiger partial charge in [-0.25, -0.2) is 0 Å². The van der Waals surface area contributed by atoms with E-state index in [4.69, 9.17) is 14.2 Å². The van der Waals surface area contributed by atoms with E-state index in [9.17, 15) is 14.4 Å². The highest BCUT2D eigenvalue weighted by Crippen LogP contribution is 2.15. The van der Waals surface area contributed by atoms with Crippen molar-refractivity contribution in [3.8, 4) is 0 Å². The minimum Gasteiger partial charge on any atom is -0.462 e. The zero-order valence-corrected chi connectivity index (χ0v) is 47.0. The predicted octanol–water partition coefficient (Wildman–Crippen LogP) is 20.5. The summed E-state index contributed by atoms with van der Waals surface area (Å²) < 4.78 is 16.9. The summed E-state index contributed by atoms with van der Waals surface area (Å²) in [5, 5.41) is 0. The van der Waals surface area contributed by atoms with Crippen molar-refractivity contribution < 1.29 is 28.6 Å². The van der Waals surface area contributed by atoms with Crippen molar-refractivity contribution >= 4 is 17.9 Å². The van der Waals surface area contributed by atoms with Crippen molar-refractivity contribution in [3.63, 3.8) is 0 Å². The van der Waals surface area contributed by atoms with Crippen LogP contribution in [0, 0.1) is 0 Å². The van der Waals surface area contributed by atoms with Crippen molar-refractivity contribution in [3.05, 3.63) is 72.9 Å². The Balaban J connectivity index is 4.40. The van der Waals surface area contributed by atoms with E-state index in [-0.39, 0.29) is 31.1 Å². The lowest BCUT2D eigenvalue weighted by atomic mass is 10.0. The van der Waals surface area contributed by atoms with Crippen LogP contribution in [-0.4, -0.2) is 37.2 Å². The fourth-order valence-electron chi connectivity index (χ4n) is 8.53. The van der Waals surface area contributed by atoms with Gasteiger partial charge in [-0.15, -0.1) is 0 Å².